The van der Waals surface area contributed by atoms with E-state index in [0.29, 0.717) is 5.69 Å². The summed E-state index contributed by atoms with van der Waals surface area (Å²) >= 11 is 0. The number of carbonyl (C=O) groups is 1. The minimum absolute atomic E-state index is 0.0145. The molecule has 1 N–H and O–H groups in total. The molecule has 0 spiro atoms. The van der Waals surface area contributed by atoms with Crippen LogP contribution in [0, 0.1) is 6.92 Å². The van der Waals surface area contributed by atoms with Gasteiger partial charge in [-0.2, -0.15) is 5.10 Å². The monoisotopic (exact) mass is 333 g/mol. The van der Waals surface area contributed by atoms with Gasteiger partial charge in [0, 0.05) is 11.5 Å². The average molecular weight is 333 g/mol. The predicted octanol–water partition coefficient (Wildman–Crippen LogP) is 3.68. The molecule has 2 heterocycles. The number of para-hydroxylation sites is 2. The third-order valence-corrected chi connectivity index (χ3v) is 4.64. The van der Waals surface area contributed by atoms with Gasteiger partial charge in [-0.15, -0.1) is 0 Å². The molecule has 5 heteroatoms. The van der Waals surface area contributed by atoms with Gasteiger partial charge in [0.1, 0.15) is 5.75 Å². The fourth-order valence-corrected chi connectivity index (χ4v) is 3.21. The molecule has 0 saturated heterocycles. The fourth-order valence-electron chi connectivity index (χ4n) is 3.21. The van der Waals surface area contributed by atoms with E-state index in [0.717, 1.165) is 22.7 Å². The van der Waals surface area contributed by atoms with Crippen LogP contribution in [0.3, 0.4) is 0 Å². The van der Waals surface area contributed by atoms with Crippen LogP contribution in [0.4, 0.5) is 5.69 Å². The lowest BCUT2D eigenvalue weighted by Crippen LogP contribution is -2.33. The van der Waals surface area contributed by atoms with E-state index in [1.54, 1.807) is 6.20 Å². The average Bonchev–Trinajstić information content (AvgIpc) is 3.17. The minimum atomic E-state index is -0.531. The zero-order valence-electron chi connectivity index (χ0n) is 14.1. The molecular formula is C20H19N3O2. The molecule has 1 aromatic heterocycles. The topological polar surface area (TPSA) is 56.1 Å². The zero-order valence-corrected chi connectivity index (χ0v) is 14.1. The molecule has 0 saturated carbocycles. The summed E-state index contributed by atoms with van der Waals surface area (Å²) in [6.07, 6.45) is 1.14. The van der Waals surface area contributed by atoms with Crippen molar-refractivity contribution >= 4 is 11.6 Å². The lowest BCUT2D eigenvalue weighted by atomic mass is 9.97. The summed E-state index contributed by atoms with van der Waals surface area (Å²) in [6.45, 7) is 3.94. The maximum Gasteiger partial charge on any atom is 0.266 e. The van der Waals surface area contributed by atoms with Crippen LogP contribution in [-0.2, 0) is 4.79 Å². The van der Waals surface area contributed by atoms with Crippen LogP contribution in [0.2, 0.25) is 0 Å². The molecular weight excluding hydrogens is 314 g/mol. The Bertz CT molecular complexity index is 918. The Labute approximate surface area is 146 Å². The molecule has 0 bridgehead atoms. The smallest absolute Gasteiger partial charge is 0.266 e. The van der Waals surface area contributed by atoms with Crippen molar-refractivity contribution < 1.29 is 9.53 Å². The van der Waals surface area contributed by atoms with Gasteiger partial charge >= 0.3 is 0 Å². The van der Waals surface area contributed by atoms with E-state index in [-0.39, 0.29) is 11.8 Å². The second-order valence-corrected chi connectivity index (χ2v) is 6.25. The van der Waals surface area contributed by atoms with Gasteiger partial charge in [0.05, 0.1) is 23.3 Å². The molecule has 0 unspecified atom stereocenters. The molecule has 4 rings (SSSR count). The Hall–Kier alpha value is -3.08. The highest BCUT2D eigenvalue weighted by Gasteiger charge is 2.36. The number of aromatic nitrogens is 2. The zero-order chi connectivity index (χ0) is 17.4. The summed E-state index contributed by atoms with van der Waals surface area (Å²) in [5.41, 5.74) is 3.60. The molecule has 3 aromatic rings. The largest absolute Gasteiger partial charge is 0.480 e. The van der Waals surface area contributed by atoms with Gasteiger partial charge in [0.25, 0.3) is 5.91 Å². The molecule has 0 radical (unpaired) electrons. The van der Waals surface area contributed by atoms with Crippen LogP contribution in [-0.4, -0.2) is 21.8 Å². The van der Waals surface area contributed by atoms with Crippen molar-refractivity contribution in [3.05, 3.63) is 72.1 Å². The van der Waals surface area contributed by atoms with Crippen molar-refractivity contribution in [2.24, 2.45) is 0 Å². The van der Waals surface area contributed by atoms with Crippen molar-refractivity contribution in [2.75, 3.05) is 5.32 Å². The highest BCUT2D eigenvalue weighted by Crippen LogP contribution is 2.38. The Balaban J connectivity index is 1.54. The number of nitrogens with one attached hydrogen (secondary N) is 1. The van der Waals surface area contributed by atoms with Gasteiger partial charge < -0.3 is 10.1 Å². The quantitative estimate of drug-likeness (QED) is 0.795. The SMILES string of the molecule is Cc1c(NC(=O)[C@@H]2Oc3ccccc3[C@@H]2C)cnn1-c1ccccc1. The number of hydrogen-bond acceptors (Lipinski definition) is 3. The summed E-state index contributed by atoms with van der Waals surface area (Å²) in [7, 11) is 0. The van der Waals surface area contributed by atoms with Crippen LogP contribution in [0.15, 0.2) is 60.8 Å². The fraction of sp³-hybridized carbons (Fsp3) is 0.200. The first kappa shape index (κ1) is 15.4. The van der Waals surface area contributed by atoms with E-state index in [2.05, 4.69) is 10.4 Å². The lowest BCUT2D eigenvalue weighted by molar-refractivity contribution is -0.122. The summed E-state index contributed by atoms with van der Waals surface area (Å²) < 4.78 is 7.65. The Morgan fingerprint density at radius 2 is 1.84 bits per heavy atom. The lowest BCUT2D eigenvalue weighted by Gasteiger charge is -2.15. The standard InChI is InChI=1S/C20H19N3O2/c1-13-16-10-6-7-11-18(16)25-19(13)20(24)22-17-12-21-23(14(17)2)15-8-4-3-5-9-15/h3-13,19H,1-2H3,(H,22,24)/t13-,19+/m0/s1. The number of nitrogens with zero attached hydrogens (tertiary/aromatic N) is 2. The summed E-state index contributed by atoms with van der Waals surface area (Å²) in [5.74, 6) is 0.645. The normalized spacial score (nSPS) is 18.5. The van der Waals surface area contributed by atoms with Gasteiger partial charge in [-0.25, -0.2) is 4.68 Å². The van der Waals surface area contributed by atoms with Crippen molar-refractivity contribution in [3.8, 4) is 11.4 Å². The van der Waals surface area contributed by atoms with Crippen molar-refractivity contribution in [2.45, 2.75) is 25.9 Å². The van der Waals surface area contributed by atoms with E-state index in [1.165, 1.54) is 0 Å². The van der Waals surface area contributed by atoms with E-state index in [9.17, 15) is 4.79 Å². The first-order valence-electron chi connectivity index (χ1n) is 8.31. The first-order chi connectivity index (χ1) is 12.1. The second kappa shape index (κ2) is 6.09. The van der Waals surface area contributed by atoms with Crippen LogP contribution in [0.25, 0.3) is 5.69 Å². The van der Waals surface area contributed by atoms with Crippen molar-refractivity contribution in [1.29, 1.82) is 0 Å². The highest BCUT2D eigenvalue weighted by molar-refractivity contribution is 5.96. The number of carbonyl (C=O) groups excluding carboxylic acids is 1. The molecule has 126 valence electrons. The van der Waals surface area contributed by atoms with Crippen molar-refractivity contribution in [1.82, 2.24) is 9.78 Å². The summed E-state index contributed by atoms with van der Waals surface area (Å²) in [6, 6.07) is 17.6. The van der Waals surface area contributed by atoms with E-state index in [4.69, 9.17) is 4.74 Å². The van der Waals surface area contributed by atoms with Gasteiger partial charge in [-0.05, 0) is 25.1 Å². The molecule has 1 aliphatic rings. The Kier molecular flexibility index (Phi) is 3.76. The highest BCUT2D eigenvalue weighted by atomic mass is 16.5. The van der Waals surface area contributed by atoms with Gasteiger partial charge in [0.15, 0.2) is 6.10 Å². The molecule has 0 fully saturated rings. The molecule has 1 amide bonds. The van der Waals surface area contributed by atoms with Crippen LogP contribution < -0.4 is 10.1 Å². The molecule has 5 nitrogen and oxygen atoms in total. The third kappa shape index (κ3) is 2.67. The van der Waals surface area contributed by atoms with E-state index >= 15 is 0 Å². The number of anilines is 1. The summed E-state index contributed by atoms with van der Waals surface area (Å²) in [4.78, 5) is 12.7. The number of hydrogen-bond donors (Lipinski definition) is 1. The summed E-state index contributed by atoms with van der Waals surface area (Å²) in [5, 5.41) is 7.35. The molecule has 2 aromatic carbocycles. The van der Waals surface area contributed by atoms with E-state index < -0.39 is 6.10 Å². The molecule has 1 aliphatic heterocycles. The van der Waals surface area contributed by atoms with Crippen LogP contribution >= 0.6 is 0 Å². The van der Waals surface area contributed by atoms with Gasteiger partial charge in [0.2, 0.25) is 0 Å². The van der Waals surface area contributed by atoms with Gasteiger partial charge in [-0.3, -0.25) is 4.79 Å². The minimum Gasteiger partial charge on any atom is -0.480 e. The predicted molar refractivity (Wildman–Crippen MR) is 96.2 cm³/mol. The van der Waals surface area contributed by atoms with Crippen LogP contribution in [0.5, 0.6) is 5.75 Å². The number of rotatable bonds is 3. The molecule has 2 atom stereocenters. The second-order valence-electron chi connectivity index (χ2n) is 6.25. The maximum absolute atomic E-state index is 12.7. The number of amides is 1. The number of fused-ring (bicyclic) bond motifs is 1. The first-order valence-corrected chi connectivity index (χ1v) is 8.31. The van der Waals surface area contributed by atoms with Crippen LogP contribution in [0.1, 0.15) is 24.1 Å². The van der Waals surface area contributed by atoms with E-state index in [1.807, 2.05) is 73.1 Å². The Morgan fingerprint density at radius 1 is 1.12 bits per heavy atom. The number of benzene rings is 2. The maximum atomic E-state index is 12.7. The molecule has 0 aliphatic carbocycles. The van der Waals surface area contributed by atoms with Gasteiger partial charge in [-0.1, -0.05) is 43.3 Å². The number of ether oxygens (including phenoxy) is 1. The molecule has 25 heavy (non-hydrogen) atoms. The van der Waals surface area contributed by atoms with Crippen molar-refractivity contribution in [3.63, 3.8) is 0 Å². The third-order valence-electron chi connectivity index (χ3n) is 4.64. The Morgan fingerprint density at radius 3 is 2.60 bits per heavy atom.